The Hall–Kier alpha value is -1.20. The van der Waals surface area contributed by atoms with Gasteiger partial charge in [0.1, 0.15) is 30.5 Å². The van der Waals surface area contributed by atoms with Gasteiger partial charge in [-0.15, -0.1) is 0 Å². The van der Waals surface area contributed by atoms with Crippen LogP contribution in [0, 0.1) is 0 Å². The number of aliphatic hydroxyl groups is 5. The number of ether oxygens (including phenoxy) is 2. The SMILES string of the molecule is CCCCCC/C=C\CCC(O)C(=O)NC(COC1OC(CO)C(O)C(OS(=O)(=O)O)C1O)C(O)CCCCCCCCCCCCCCCCCC. The second-order valence-corrected chi connectivity index (χ2v) is 15.8. The molecule has 0 radical (unpaired) electrons. The van der Waals surface area contributed by atoms with Crippen LogP contribution in [0.1, 0.15) is 168 Å². The molecule has 0 saturated carbocycles. The van der Waals surface area contributed by atoms with Gasteiger partial charge in [0, 0.05) is 0 Å². The van der Waals surface area contributed by atoms with E-state index in [1.54, 1.807) is 0 Å². The fourth-order valence-corrected chi connectivity index (χ4v) is 7.09. The van der Waals surface area contributed by atoms with Gasteiger partial charge >= 0.3 is 10.4 Å². The topological polar surface area (TPSA) is 212 Å². The smallest absolute Gasteiger partial charge is 0.394 e. The number of carbonyl (C=O) groups excluding carboxylic acids is 1. The van der Waals surface area contributed by atoms with Gasteiger partial charge in [-0.2, -0.15) is 8.42 Å². The fourth-order valence-electron chi connectivity index (χ4n) is 6.58. The second-order valence-electron chi connectivity index (χ2n) is 14.7. The molecule has 0 bridgehead atoms. The minimum absolute atomic E-state index is 0.176. The van der Waals surface area contributed by atoms with Crippen LogP contribution in [0.15, 0.2) is 12.2 Å². The van der Waals surface area contributed by atoms with Crippen LogP contribution in [-0.4, -0.2) is 107 Å². The van der Waals surface area contributed by atoms with Crippen molar-refractivity contribution in [3.05, 3.63) is 12.2 Å². The number of hydrogen-bond acceptors (Lipinski definition) is 11. The Morgan fingerprint density at radius 1 is 0.736 bits per heavy atom. The zero-order valence-corrected chi connectivity index (χ0v) is 33.5. The number of allylic oxidation sites excluding steroid dienone is 2. The van der Waals surface area contributed by atoms with E-state index < -0.39 is 78.5 Å². The molecule has 1 rings (SSSR count). The van der Waals surface area contributed by atoms with Crippen LogP contribution in [0.5, 0.6) is 0 Å². The third-order valence-electron chi connectivity index (χ3n) is 9.94. The molecule has 0 aliphatic carbocycles. The summed E-state index contributed by atoms with van der Waals surface area (Å²) >= 11 is 0. The van der Waals surface area contributed by atoms with Gasteiger partial charge in [0.05, 0.1) is 25.4 Å². The lowest BCUT2D eigenvalue weighted by Crippen LogP contribution is -2.61. The molecule has 14 heteroatoms. The molecule has 53 heavy (non-hydrogen) atoms. The van der Waals surface area contributed by atoms with Gasteiger partial charge in [0.2, 0.25) is 5.91 Å². The van der Waals surface area contributed by atoms with E-state index in [1.165, 1.54) is 83.5 Å². The zero-order chi connectivity index (χ0) is 39.3. The van der Waals surface area contributed by atoms with Gasteiger partial charge in [-0.25, -0.2) is 4.18 Å². The average Bonchev–Trinajstić information content (AvgIpc) is 3.12. The van der Waals surface area contributed by atoms with Gasteiger partial charge in [-0.1, -0.05) is 148 Å². The maximum Gasteiger partial charge on any atom is 0.397 e. The van der Waals surface area contributed by atoms with Crippen molar-refractivity contribution < 1.29 is 57.0 Å². The highest BCUT2D eigenvalue weighted by atomic mass is 32.3. The summed E-state index contributed by atoms with van der Waals surface area (Å²) in [5.41, 5.74) is 0. The van der Waals surface area contributed by atoms with Gasteiger partial charge in [0.15, 0.2) is 6.29 Å². The largest absolute Gasteiger partial charge is 0.397 e. The van der Waals surface area contributed by atoms with Crippen molar-refractivity contribution in [2.75, 3.05) is 13.2 Å². The van der Waals surface area contributed by atoms with Crippen molar-refractivity contribution in [3.8, 4) is 0 Å². The highest BCUT2D eigenvalue weighted by Crippen LogP contribution is 2.26. The Bertz CT molecular complexity index is 1030. The summed E-state index contributed by atoms with van der Waals surface area (Å²) in [6.45, 7) is 3.18. The minimum Gasteiger partial charge on any atom is -0.394 e. The van der Waals surface area contributed by atoms with E-state index in [1.807, 2.05) is 12.2 Å². The van der Waals surface area contributed by atoms with Gasteiger partial charge in [-0.3, -0.25) is 9.35 Å². The third kappa shape index (κ3) is 24.1. The van der Waals surface area contributed by atoms with Crippen molar-refractivity contribution >= 4 is 16.3 Å². The molecule has 0 spiro atoms. The molecule has 1 aliphatic heterocycles. The maximum atomic E-state index is 13.0. The third-order valence-corrected chi connectivity index (χ3v) is 10.4. The van der Waals surface area contributed by atoms with E-state index in [9.17, 15) is 38.7 Å². The summed E-state index contributed by atoms with van der Waals surface area (Å²) in [5.74, 6) is -0.706. The molecular formula is C39H75NO12S. The Morgan fingerprint density at radius 2 is 1.23 bits per heavy atom. The maximum absolute atomic E-state index is 13.0. The van der Waals surface area contributed by atoms with E-state index in [0.29, 0.717) is 19.3 Å². The monoisotopic (exact) mass is 782 g/mol. The molecule has 1 heterocycles. The van der Waals surface area contributed by atoms with Crippen LogP contribution in [0.3, 0.4) is 0 Å². The summed E-state index contributed by atoms with van der Waals surface area (Å²) in [7, 11) is -5.10. The number of carbonyl (C=O) groups is 1. The zero-order valence-electron chi connectivity index (χ0n) is 32.7. The molecule has 1 aliphatic rings. The molecule has 1 saturated heterocycles. The van der Waals surface area contributed by atoms with Crippen molar-refractivity contribution in [1.29, 1.82) is 0 Å². The normalized spacial score (nSPS) is 22.6. The molecule has 0 aromatic heterocycles. The van der Waals surface area contributed by atoms with Crippen LogP contribution >= 0.6 is 0 Å². The number of hydrogen-bond donors (Lipinski definition) is 7. The molecule has 1 amide bonds. The highest BCUT2D eigenvalue weighted by Gasteiger charge is 2.48. The first-order valence-corrected chi connectivity index (χ1v) is 22.0. The Labute approximate surface area is 320 Å². The van der Waals surface area contributed by atoms with Gasteiger partial charge in [-0.05, 0) is 32.1 Å². The van der Waals surface area contributed by atoms with Crippen molar-refractivity contribution in [1.82, 2.24) is 5.32 Å². The van der Waals surface area contributed by atoms with E-state index in [0.717, 1.165) is 44.9 Å². The van der Waals surface area contributed by atoms with E-state index >= 15 is 0 Å². The van der Waals surface area contributed by atoms with E-state index in [4.69, 9.17) is 14.0 Å². The molecule has 314 valence electrons. The van der Waals surface area contributed by atoms with E-state index in [2.05, 4.69) is 23.3 Å². The Balaban J connectivity index is 2.62. The first kappa shape index (κ1) is 49.8. The predicted octanol–water partition coefficient (Wildman–Crippen LogP) is 5.80. The molecular weight excluding hydrogens is 706 g/mol. The lowest BCUT2D eigenvalue weighted by molar-refractivity contribution is -0.298. The quantitative estimate of drug-likeness (QED) is 0.0235. The van der Waals surface area contributed by atoms with Crippen molar-refractivity contribution in [3.63, 3.8) is 0 Å². The fraction of sp³-hybridized carbons (Fsp3) is 0.923. The number of aliphatic hydroxyl groups excluding tert-OH is 5. The standard InChI is InChI=1S/C39H75NO12S/c1-3-5-7-9-11-13-14-15-16-17-18-19-20-22-23-25-27-32(42)31(40-38(46)33(43)28-26-24-21-12-10-8-6-4-2)30-50-39-36(45)37(52-53(47,48)49)35(44)34(29-41)51-39/h21,24,31-37,39,41-45H,3-20,22-23,25-30H2,1-2H3,(H,40,46)(H,47,48,49)/b24-21-. The van der Waals surface area contributed by atoms with Crippen LogP contribution in [0.2, 0.25) is 0 Å². The molecule has 13 nitrogen and oxygen atoms in total. The lowest BCUT2D eigenvalue weighted by Gasteiger charge is -2.41. The lowest BCUT2D eigenvalue weighted by atomic mass is 9.99. The second kappa shape index (κ2) is 31.0. The van der Waals surface area contributed by atoms with Crippen molar-refractivity contribution in [2.24, 2.45) is 0 Å². The van der Waals surface area contributed by atoms with Gasteiger partial charge in [0.25, 0.3) is 0 Å². The van der Waals surface area contributed by atoms with Crippen LogP contribution < -0.4 is 5.32 Å². The number of rotatable bonds is 34. The van der Waals surface area contributed by atoms with Gasteiger partial charge < -0.3 is 40.3 Å². The predicted molar refractivity (Wildman–Crippen MR) is 205 cm³/mol. The van der Waals surface area contributed by atoms with E-state index in [-0.39, 0.29) is 6.42 Å². The summed E-state index contributed by atoms with van der Waals surface area (Å²) in [6.07, 6.45) is 18.7. The summed E-state index contributed by atoms with van der Waals surface area (Å²) < 4.78 is 47.3. The number of unbranched alkanes of at least 4 members (excludes halogenated alkanes) is 19. The molecule has 1 fully saturated rings. The minimum atomic E-state index is -5.10. The average molecular weight is 782 g/mol. The van der Waals surface area contributed by atoms with Crippen molar-refractivity contribution in [2.45, 2.75) is 217 Å². The van der Waals surface area contributed by atoms with Crippen LogP contribution in [-0.2, 0) is 28.9 Å². The molecule has 0 aromatic carbocycles. The Kier molecular flexibility index (Phi) is 29.1. The number of amides is 1. The number of nitrogens with one attached hydrogen (secondary N) is 1. The highest BCUT2D eigenvalue weighted by molar-refractivity contribution is 7.80. The summed E-state index contributed by atoms with van der Waals surface area (Å²) in [6, 6.07) is -1.04. The molecule has 0 aromatic rings. The first-order valence-electron chi connectivity index (χ1n) is 20.7. The molecule has 8 unspecified atom stereocenters. The Morgan fingerprint density at radius 3 is 1.74 bits per heavy atom. The van der Waals surface area contributed by atoms with Crippen LogP contribution in [0.25, 0.3) is 0 Å². The summed E-state index contributed by atoms with van der Waals surface area (Å²) in [5, 5.41) is 54.9. The summed E-state index contributed by atoms with van der Waals surface area (Å²) in [4.78, 5) is 13.0. The first-order chi connectivity index (χ1) is 25.4. The van der Waals surface area contributed by atoms with Crippen LogP contribution in [0.4, 0.5) is 0 Å². The molecule has 8 atom stereocenters. The molecule has 7 N–H and O–H groups in total.